The van der Waals surface area contributed by atoms with Crippen LogP contribution in [-0.2, 0) is 12.8 Å². The summed E-state index contributed by atoms with van der Waals surface area (Å²) in [5.41, 5.74) is 2.05. The zero-order chi connectivity index (χ0) is 8.55. The summed E-state index contributed by atoms with van der Waals surface area (Å²) in [7, 11) is 0. The van der Waals surface area contributed by atoms with Crippen molar-refractivity contribution >= 4 is 5.97 Å². The molecule has 0 saturated carbocycles. The van der Waals surface area contributed by atoms with E-state index in [2.05, 4.69) is 10.2 Å². The van der Waals surface area contributed by atoms with E-state index in [1.165, 1.54) is 0 Å². The van der Waals surface area contributed by atoms with Gasteiger partial charge in [0.2, 0.25) is 0 Å². The zero-order valence-corrected chi connectivity index (χ0v) is 6.45. The normalized spacial score (nSPS) is 14.3. The molecule has 62 valence electrons. The van der Waals surface area contributed by atoms with E-state index in [1.807, 2.05) is 0 Å². The van der Waals surface area contributed by atoms with Crippen LogP contribution >= 0.6 is 0 Å². The van der Waals surface area contributed by atoms with Gasteiger partial charge in [-0.3, -0.25) is 0 Å². The Morgan fingerprint density at radius 2 is 2.25 bits per heavy atom. The summed E-state index contributed by atoms with van der Waals surface area (Å²) in [5, 5.41) is 16.1. The lowest BCUT2D eigenvalue weighted by Crippen LogP contribution is -2.04. The van der Waals surface area contributed by atoms with E-state index in [9.17, 15) is 4.79 Å². The van der Waals surface area contributed by atoms with Crippen LogP contribution in [0.15, 0.2) is 6.07 Å². The summed E-state index contributed by atoms with van der Waals surface area (Å²) in [4.78, 5) is 10.5. The van der Waals surface area contributed by atoms with Gasteiger partial charge >= 0.3 is 5.97 Å². The summed E-state index contributed by atoms with van der Waals surface area (Å²) < 4.78 is 0. The SMILES string of the molecule is O=C(O)c1cc2c(nn1)CCC2. The Bertz CT molecular complexity index is 336. The van der Waals surface area contributed by atoms with Gasteiger partial charge in [-0.1, -0.05) is 0 Å². The van der Waals surface area contributed by atoms with Crippen LogP contribution in [0.25, 0.3) is 0 Å². The Morgan fingerprint density at radius 1 is 1.42 bits per heavy atom. The third-order valence-electron chi connectivity index (χ3n) is 2.04. The van der Waals surface area contributed by atoms with Crippen molar-refractivity contribution in [2.75, 3.05) is 0 Å². The molecule has 0 unspecified atom stereocenters. The van der Waals surface area contributed by atoms with Gasteiger partial charge in [0.1, 0.15) is 0 Å². The van der Waals surface area contributed by atoms with Gasteiger partial charge in [-0.25, -0.2) is 4.79 Å². The maximum absolute atomic E-state index is 10.5. The predicted octanol–water partition coefficient (Wildman–Crippen LogP) is 0.663. The van der Waals surface area contributed by atoms with E-state index < -0.39 is 5.97 Å². The second-order valence-corrected chi connectivity index (χ2v) is 2.86. The van der Waals surface area contributed by atoms with Crippen molar-refractivity contribution < 1.29 is 9.90 Å². The topological polar surface area (TPSA) is 63.1 Å². The fourth-order valence-corrected chi connectivity index (χ4v) is 1.43. The first kappa shape index (κ1) is 7.21. The highest BCUT2D eigenvalue weighted by atomic mass is 16.4. The van der Waals surface area contributed by atoms with E-state index in [0.717, 1.165) is 30.5 Å². The Kier molecular flexibility index (Phi) is 1.53. The summed E-state index contributed by atoms with van der Waals surface area (Å²) in [6.07, 6.45) is 2.93. The number of carboxylic acids is 1. The fourth-order valence-electron chi connectivity index (χ4n) is 1.43. The molecule has 0 bridgehead atoms. The molecule has 0 fully saturated rings. The van der Waals surface area contributed by atoms with Crippen molar-refractivity contribution in [3.8, 4) is 0 Å². The van der Waals surface area contributed by atoms with Gasteiger partial charge < -0.3 is 5.11 Å². The lowest BCUT2D eigenvalue weighted by atomic mass is 10.2. The van der Waals surface area contributed by atoms with Gasteiger partial charge in [-0.2, -0.15) is 5.10 Å². The Labute approximate surface area is 69.2 Å². The molecule has 0 aliphatic heterocycles. The average Bonchev–Trinajstić information content (AvgIpc) is 2.49. The largest absolute Gasteiger partial charge is 0.476 e. The van der Waals surface area contributed by atoms with Gasteiger partial charge in [0.25, 0.3) is 0 Å². The smallest absolute Gasteiger partial charge is 0.356 e. The molecule has 1 aromatic heterocycles. The van der Waals surface area contributed by atoms with Crippen molar-refractivity contribution in [1.82, 2.24) is 10.2 Å². The number of hydrogen-bond acceptors (Lipinski definition) is 3. The van der Waals surface area contributed by atoms with Crippen LogP contribution in [0.4, 0.5) is 0 Å². The molecule has 0 aromatic carbocycles. The molecule has 4 heteroatoms. The Hall–Kier alpha value is -1.45. The first-order valence-electron chi connectivity index (χ1n) is 3.86. The van der Waals surface area contributed by atoms with E-state index >= 15 is 0 Å². The number of rotatable bonds is 1. The van der Waals surface area contributed by atoms with E-state index in [1.54, 1.807) is 6.07 Å². The molecule has 1 aliphatic carbocycles. The van der Waals surface area contributed by atoms with Crippen molar-refractivity contribution in [1.29, 1.82) is 0 Å². The van der Waals surface area contributed by atoms with Crippen molar-refractivity contribution in [2.24, 2.45) is 0 Å². The van der Waals surface area contributed by atoms with Crippen molar-refractivity contribution in [3.63, 3.8) is 0 Å². The summed E-state index contributed by atoms with van der Waals surface area (Å²) >= 11 is 0. The maximum atomic E-state index is 10.5. The number of aromatic nitrogens is 2. The number of aryl methyl sites for hydroxylation is 2. The average molecular weight is 164 g/mol. The standard InChI is InChI=1S/C8H8N2O2/c11-8(12)7-4-5-2-1-3-6(5)9-10-7/h4H,1-3H2,(H,11,12). The van der Waals surface area contributed by atoms with Crippen LogP contribution in [0.2, 0.25) is 0 Å². The molecular weight excluding hydrogens is 156 g/mol. The first-order chi connectivity index (χ1) is 5.77. The molecule has 2 rings (SSSR count). The van der Waals surface area contributed by atoms with E-state index in [-0.39, 0.29) is 5.69 Å². The molecule has 0 amide bonds. The minimum atomic E-state index is -1.00. The van der Waals surface area contributed by atoms with Crippen LogP contribution in [0.5, 0.6) is 0 Å². The lowest BCUT2D eigenvalue weighted by Gasteiger charge is -1.96. The molecule has 1 heterocycles. The number of hydrogen-bond donors (Lipinski definition) is 1. The number of carbonyl (C=O) groups is 1. The van der Waals surface area contributed by atoms with Crippen LogP contribution in [0.1, 0.15) is 28.2 Å². The maximum Gasteiger partial charge on any atom is 0.356 e. The van der Waals surface area contributed by atoms with E-state index in [4.69, 9.17) is 5.11 Å². The highest BCUT2D eigenvalue weighted by Crippen LogP contribution is 2.18. The highest BCUT2D eigenvalue weighted by Gasteiger charge is 2.15. The first-order valence-corrected chi connectivity index (χ1v) is 3.86. The molecule has 0 atom stereocenters. The van der Waals surface area contributed by atoms with Crippen LogP contribution < -0.4 is 0 Å². The molecule has 0 saturated heterocycles. The van der Waals surface area contributed by atoms with Gasteiger partial charge in [-0.15, -0.1) is 5.10 Å². The summed E-state index contributed by atoms with van der Waals surface area (Å²) in [5.74, 6) is -1.00. The molecule has 1 aliphatic rings. The second-order valence-electron chi connectivity index (χ2n) is 2.86. The second kappa shape index (κ2) is 2.55. The van der Waals surface area contributed by atoms with Crippen LogP contribution in [0.3, 0.4) is 0 Å². The number of nitrogens with zero attached hydrogens (tertiary/aromatic N) is 2. The molecule has 12 heavy (non-hydrogen) atoms. The molecule has 4 nitrogen and oxygen atoms in total. The van der Waals surface area contributed by atoms with Crippen molar-refractivity contribution in [3.05, 3.63) is 23.0 Å². The number of fused-ring (bicyclic) bond motifs is 1. The van der Waals surface area contributed by atoms with Crippen LogP contribution in [-0.4, -0.2) is 21.3 Å². The van der Waals surface area contributed by atoms with Crippen LogP contribution in [0, 0.1) is 0 Å². The molecule has 1 N–H and O–H groups in total. The lowest BCUT2D eigenvalue weighted by molar-refractivity contribution is 0.0689. The molecule has 1 aromatic rings. The predicted molar refractivity (Wildman–Crippen MR) is 41.0 cm³/mol. The zero-order valence-electron chi connectivity index (χ0n) is 6.45. The van der Waals surface area contributed by atoms with E-state index in [0.29, 0.717) is 0 Å². The monoisotopic (exact) mass is 164 g/mol. The Morgan fingerprint density at radius 3 is 3.00 bits per heavy atom. The Balaban J connectivity index is 2.45. The summed E-state index contributed by atoms with van der Waals surface area (Å²) in [6, 6.07) is 1.62. The highest BCUT2D eigenvalue weighted by molar-refractivity contribution is 5.85. The molecular formula is C8H8N2O2. The summed E-state index contributed by atoms with van der Waals surface area (Å²) in [6.45, 7) is 0. The minimum absolute atomic E-state index is 0.0515. The van der Waals surface area contributed by atoms with Gasteiger partial charge in [0, 0.05) is 0 Å². The van der Waals surface area contributed by atoms with Gasteiger partial charge in [0.15, 0.2) is 5.69 Å². The van der Waals surface area contributed by atoms with Crippen molar-refractivity contribution in [2.45, 2.75) is 19.3 Å². The fraction of sp³-hybridized carbons (Fsp3) is 0.375. The molecule has 0 radical (unpaired) electrons. The minimum Gasteiger partial charge on any atom is -0.476 e. The third kappa shape index (κ3) is 1.05. The third-order valence-corrected chi connectivity index (χ3v) is 2.04. The molecule has 0 spiro atoms. The van der Waals surface area contributed by atoms with Gasteiger partial charge in [-0.05, 0) is 30.9 Å². The number of carboxylic acid groups (broad SMARTS) is 1. The quantitative estimate of drug-likeness (QED) is 0.662. The number of aromatic carboxylic acids is 1. The van der Waals surface area contributed by atoms with Gasteiger partial charge in [0.05, 0.1) is 5.69 Å².